The molecule has 1 heterocycles. The number of halogens is 1. The van der Waals surface area contributed by atoms with Crippen molar-refractivity contribution in [3.63, 3.8) is 0 Å². The van der Waals surface area contributed by atoms with Crippen molar-refractivity contribution in [2.24, 2.45) is 0 Å². The van der Waals surface area contributed by atoms with Gasteiger partial charge in [-0.05, 0) is 48.9 Å². The average molecular weight is 360 g/mol. The first kappa shape index (κ1) is 17.0. The van der Waals surface area contributed by atoms with E-state index in [-0.39, 0.29) is 17.9 Å². The smallest absolute Gasteiger partial charge is 0.288 e. The molecule has 0 atom stereocenters. The normalized spacial score (nSPS) is 11.0. The minimum absolute atomic E-state index is 0.242. The van der Waals surface area contributed by atoms with Crippen LogP contribution in [0, 0.1) is 12.7 Å². The Labute approximate surface area is 154 Å². The van der Waals surface area contributed by atoms with Crippen molar-refractivity contribution < 1.29 is 4.39 Å². The van der Waals surface area contributed by atoms with E-state index < -0.39 is 5.69 Å². The topological polar surface area (TPSA) is 44.0 Å². The maximum absolute atomic E-state index is 13.2. The van der Waals surface area contributed by atoms with Crippen molar-refractivity contribution in [1.82, 2.24) is 9.13 Å². The van der Waals surface area contributed by atoms with Crippen LogP contribution >= 0.6 is 0 Å². The molecule has 27 heavy (non-hydrogen) atoms. The largest absolute Gasteiger partial charge is 0.336 e. The first-order chi connectivity index (χ1) is 13.0. The number of hydrogen-bond donors (Lipinski definition) is 0. The second-order valence-electron chi connectivity index (χ2n) is 6.49. The Balaban J connectivity index is 2.00. The fourth-order valence-corrected chi connectivity index (χ4v) is 3.17. The van der Waals surface area contributed by atoms with Crippen molar-refractivity contribution in [2.75, 3.05) is 0 Å². The average Bonchev–Trinajstić information content (AvgIpc) is 2.68. The monoisotopic (exact) mass is 360 g/mol. The van der Waals surface area contributed by atoms with Crippen LogP contribution in [0.4, 0.5) is 4.39 Å². The molecule has 0 fully saturated rings. The predicted octanol–water partition coefficient (Wildman–Crippen LogP) is 3.65. The third kappa shape index (κ3) is 3.08. The van der Waals surface area contributed by atoms with Gasteiger partial charge in [0.25, 0.3) is 5.56 Å². The lowest BCUT2D eigenvalue weighted by atomic mass is 10.2. The highest BCUT2D eigenvalue weighted by atomic mass is 19.1. The fraction of sp³-hybridized carbons (Fsp3) is 0.0909. The molecule has 0 spiro atoms. The summed E-state index contributed by atoms with van der Waals surface area (Å²) < 4.78 is 15.9. The Kier molecular flexibility index (Phi) is 4.20. The van der Waals surface area contributed by atoms with Gasteiger partial charge in [0.1, 0.15) is 5.82 Å². The van der Waals surface area contributed by atoms with Crippen LogP contribution in [0.15, 0.2) is 82.4 Å². The molecule has 4 nitrogen and oxygen atoms in total. The van der Waals surface area contributed by atoms with E-state index in [2.05, 4.69) is 0 Å². The van der Waals surface area contributed by atoms with Crippen LogP contribution in [0.1, 0.15) is 11.1 Å². The van der Waals surface area contributed by atoms with Gasteiger partial charge in [0.05, 0.1) is 23.1 Å². The number of hydrogen-bond acceptors (Lipinski definition) is 2. The summed E-state index contributed by atoms with van der Waals surface area (Å²) >= 11 is 0. The molecule has 4 aromatic rings. The van der Waals surface area contributed by atoms with E-state index in [1.165, 1.54) is 16.7 Å². The molecule has 0 aliphatic carbocycles. The molecule has 0 saturated heterocycles. The van der Waals surface area contributed by atoms with Crippen LogP contribution in [0.25, 0.3) is 16.6 Å². The molecule has 0 aliphatic heterocycles. The van der Waals surface area contributed by atoms with Gasteiger partial charge in [-0.3, -0.25) is 9.36 Å². The predicted molar refractivity (Wildman–Crippen MR) is 104 cm³/mol. The van der Waals surface area contributed by atoms with Gasteiger partial charge in [0, 0.05) is 0 Å². The number of aryl methyl sites for hydroxylation is 1. The molecular weight excluding hydrogens is 343 g/mol. The lowest BCUT2D eigenvalue weighted by molar-refractivity contribution is 0.625. The van der Waals surface area contributed by atoms with Gasteiger partial charge >= 0.3 is 5.69 Å². The van der Waals surface area contributed by atoms with E-state index in [1.54, 1.807) is 53.1 Å². The first-order valence-electron chi connectivity index (χ1n) is 8.61. The molecule has 4 rings (SSSR count). The van der Waals surface area contributed by atoms with Gasteiger partial charge in [-0.25, -0.2) is 13.8 Å². The third-order valence-electron chi connectivity index (χ3n) is 4.60. The van der Waals surface area contributed by atoms with Crippen LogP contribution < -0.4 is 11.2 Å². The van der Waals surface area contributed by atoms with Crippen molar-refractivity contribution in [1.29, 1.82) is 0 Å². The number of nitrogens with zero attached hydrogens (tertiary/aromatic N) is 2. The van der Waals surface area contributed by atoms with Crippen LogP contribution in [0.5, 0.6) is 0 Å². The second kappa shape index (κ2) is 6.68. The standard InChI is InChI=1S/C22H17FN2O2/c1-15-6-12-18(13-7-15)25-21(26)19-4-2-3-5-20(19)24(22(25)27)14-16-8-10-17(23)11-9-16/h2-13H,14H2,1H3. The Morgan fingerprint density at radius 2 is 1.52 bits per heavy atom. The molecule has 0 amide bonds. The van der Waals surface area contributed by atoms with E-state index in [4.69, 9.17) is 0 Å². The number of para-hydroxylation sites is 1. The SMILES string of the molecule is Cc1ccc(-n2c(=O)c3ccccc3n(Cc3ccc(F)cc3)c2=O)cc1. The zero-order valence-electron chi connectivity index (χ0n) is 14.7. The van der Waals surface area contributed by atoms with Crippen LogP contribution in [0.3, 0.4) is 0 Å². The summed E-state index contributed by atoms with van der Waals surface area (Å²) in [5.41, 5.74) is 2.12. The lowest BCUT2D eigenvalue weighted by Gasteiger charge is -2.14. The lowest BCUT2D eigenvalue weighted by Crippen LogP contribution is -2.39. The molecule has 3 aromatic carbocycles. The van der Waals surface area contributed by atoms with Crippen LogP contribution in [0.2, 0.25) is 0 Å². The van der Waals surface area contributed by atoms with Gasteiger partial charge in [-0.1, -0.05) is 42.0 Å². The highest BCUT2D eigenvalue weighted by Gasteiger charge is 2.14. The molecule has 0 aliphatic rings. The Morgan fingerprint density at radius 3 is 2.22 bits per heavy atom. The van der Waals surface area contributed by atoms with Crippen molar-refractivity contribution in [3.05, 3.63) is 111 Å². The molecule has 0 unspecified atom stereocenters. The third-order valence-corrected chi connectivity index (χ3v) is 4.60. The fourth-order valence-electron chi connectivity index (χ4n) is 3.17. The van der Waals surface area contributed by atoms with E-state index >= 15 is 0 Å². The molecule has 0 N–H and O–H groups in total. The second-order valence-corrected chi connectivity index (χ2v) is 6.49. The Hall–Kier alpha value is -3.47. The number of benzene rings is 3. The highest BCUT2D eigenvalue weighted by molar-refractivity contribution is 5.78. The summed E-state index contributed by atoms with van der Waals surface area (Å²) in [6, 6.07) is 20.3. The van der Waals surface area contributed by atoms with Gasteiger partial charge in [0.15, 0.2) is 0 Å². The van der Waals surface area contributed by atoms with Gasteiger partial charge < -0.3 is 0 Å². The summed E-state index contributed by atoms with van der Waals surface area (Å²) in [6.07, 6.45) is 0. The van der Waals surface area contributed by atoms with Crippen molar-refractivity contribution >= 4 is 10.9 Å². The van der Waals surface area contributed by atoms with Crippen molar-refractivity contribution in [2.45, 2.75) is 13.5 Å². The van der Waals surface area contributed by atoms with E-state index in [1.807, 2.05) is 19.1 Å². The molecule has 5 heteroatoms. The molecule has 1 aromatic heterocycles. The summed E-state index contributed by atoms with van der Waals surface area (Å²) in [4.78, 5) is 26.2. The molecule has 0 saturated carbocycles. The van der Waals surface area contributed by atoms with Crippen molar-refractivity contribution in [3.8, 4) is 5.69 Å². The molecule has 134 valence electrons. The van der Waals surface area contributed by atoms with Gasteiger partial charge in [-0.2, -0.15) is 0 Å². The zero-order chi connectivity index (χ0) is 19.0. The van der Waals surface area contributed by atoms with E-state index in [0.717, 1.165) is 11.1 Å². The summed E-state index contributed by atoms with van der Waals surface area (Å²) in [5.74, 6) is -0.333. The highest BCUT2D eigenvalue weighted by Crippen LogP contribution is 2.13. The molecular formula is C22H17FN2O2. The quantitative estimate of drug-likeness (QED) is 0.560. The number of rotatable bonds is 3. The minimum atomic E-state index is -0.424. The van der Waals surface area contributed by atoms with Gasteiger partial charge in [-0.15, -0.1) is 0 Å². The maximum Gasteiger partial charge on any atom is 0.336 e. The molecule has 0 radical (unpaired) electrons. The number of fused-ring (bicyclic) bond motifs is 1. The molecule has 0 bridgehead atoms. The number of aromatic nitrogens is 2. The zero-order valence-corrected chi connectivity index (χ0v) is 14.7. The first-order valence-corrected chi connectivity index (χ1v) is 8.61. The van der Waals surface area contributed by atoms with E-state index in [9.17, 15) is 14.0 Å². The van der Waals surface area contributed by atoms with E-state index in [0.29, 0.717) is 16.6 Å². The maximum atomic E-state index is 13.2. The summed E-state index contributed by atoms with van der Waals surface area (Å²) in [6.45, 7) is 2.19. The van der Waals surface area contributed by atoms with Crippen LogP contribution in [-0.4, -0.2) is 9.13 Å². The Morgan fingerprint density at radius 1 is 0.852 bits per heavy atom. The Bertz CT molecular complexity index is 1240. The minimum Gasteiger partial charge on any atom is -0.288 e. The van der Waals surface area contributed by atoms with Gasteiger partial charge in [0.2, 0.25) is 0 Å². The summed E-state index contributed by atoms with van der Waals surface area (Å²) in [5, 5.41) is 0.458. The van der Waals surface area contributed by atoms with Crippen LogP contribution in [-0.2, 0) is 6.54 Å². The summed E-state index contributed by atoms with van der Waals surface area (Å²) in [7, 11) is 0.